The van der Waals surface area contributed by atoms with Crippen molar-refractivity contribution in [2.45, 2.75) is 36.8 Å². The number of rotatable bonds is 7. The van der Waals surface area contributed by atoms with E-state index in [2.05, 4.69) is 5.32 Å². The fourth-order valence-electron chi connectivity index (χ4n) is 3.06. The van der Waals surface area contributed by atoms with Gasteiger partial charge in [0, 0.05) is 13.1 Å². The van der Waals surface area contributed by atoms with Gasteiger partial charge in [-0.05, 0) is 75.3 Å². The van der Waals surface area contributed by atoms with E-state index in [1.165, 1.54) is 24.3 Å². The first-order valence-corrected chi connectivity index (χ1v) is 11.0. The zero-order valence-electron chi connectivity index (χ0n) is 16.6. The van der Waals surface area contributed by atoms with E-state index < -0.39 is 16.2 Å². The zero-order chi connectivity index (χ0) is 20.9. The number of ether oxygens (including phenoxy) is 1. The van der Waals surface area contributed by atoms with Crippen LogP contribution in [-0.2, 0) is 21.5 Å². The molecule has 1 aliphatic heterocycles. The molecule has 29 heavy (non-hydrogen) atoms. The van der Waals surface area contributed by atoms with Crippen molar-refractivity contribution in [3.05, 3.63) is 54.1 Å². The lowest BCUT2D eigenvalue weighted by Crippen LogP contribution is -2.36. The summed E-state index contributed by atoms with van der Waals surface area (Å²) in [6.07, 6.45) is 1.97. The van der Waals surface area contributed by atoms with E-state index in [9.17, 15) is 13.2 Å². The summed E-state index contributed by atoms with van der Waals surface area (Å²) in [5.74, 6) is 0.549. The second kappa shape index (κ2) is 9.28. The first-order valence-electron chi connectivity index (χ1n) is 9.56. The number of benzene rings is 2. The number of hydrogen-bond donors (Lipinski definition) is 1. The minimum absolute atomic E-state index is 0.0930. The van der Waals surface area contributed by atoms with Crippen LogP contribution in [0.3, 0.4) is 0 Å². The molecule has 0 radical (unpaired) electrons. The van der Waals surface area contributed by atoms with E-state index in [4.69, 9.17) is 8.92 Å². The Balaban J connectivity index is 1.64. The van der Waals surface area contributed by atoms with E-state index in [0.717, 1.165) is 24.9 Å². The highest BCUT2D eigenvalue weighted by molar-refractivity contribution is 7.87. The summed E-state index contributed by atoms with van der Waals surface area (Å²) >= 11 is 0. The maximum absolute atomic E-state index is 12.5. The Kier molecular flexibility index (Phi) is 6.76. The molecule has 2 aromatic rings. The number of amides is 1. The van der Waals surface area contributed by atoms with Crippen molar-refractivity contribution >= 4 is 16.0 Å². The first kappa shape index (κ1) is 21.1. The van der Waals surface area contributed by atoms with Crippen LogP contribution >= 0.6 is 0 Å². The van der Waals surface area contributed by atoms with Crippen LogP contribution in [0.2, 0.25) is 0 Å². The van der Waals surface area contributed by atoms with Crippen LogP contribution in [0.5, 0.6) is 11.5 Å². The van der Waals surface area contributed by atoms with E-state index in [1.54, 1.807) is 24.3 Å². The molecule has 0 aromatic heterocycles. The van der Waals surface area contributed by atoms with Gasteiger partial charge in [0.2, 0.25) is 0 Å². The van der Waals surface area contributed by atoms with E-state index in [1.807, 2.05) is 19.0 Å². The minimum atomic E-state index is -3.93. The van der Waals surface area contributed by atoms with Crippen molar-refractivity contribution < 1.29 is 22.1 Å². The minimum Gasteiger partial charge on any atom is -0.481 e. The van der Waals surface area contributed by atoms with Gasteiger partial charge in [0.1, 0.15) is 16.4 Å². The van der Waals surface area contributed by atoms with E-state index >= 15 is 0 Å². The molecule has 1 unspecified atom stereocenters. The lowest BCUT2D eigenvalue weighted by molar-refractivity contribution is -0.127. The van der Waals surface area contributed by atoms with Crippen molar-refractivity contribution in [2.75, 3.05) is 20.6 Å². The number of hydrogen-bond acceptors (Lipinski definition) is 6. The zero-order valence-corrected chi connectivity index (χ0v) is 17.4. The fourth-order valence-corrected chi connectivity index (χ4v) is 3.99. The van der Waals surface area contributed by atoms with Crippen molar-refractivity contribution in [3.8, 4) is 11.5 Å². The van der Waals surface area contributed by atoms with Gasteiger partial charge in [-0.15, -0.1) is 0 Å². The molecule has 8 heteroatoms. The number of nitrogens with one attached hydrogen (secondary N) is 1. The Morgan fingerprint density at radius 3 is 2.31 bits per heavy atom. The van der Waals surface area contributed by atoms with Crippen LogP contribution in [-0.4, -0.2) is 46.0 Å². The molecule has 7 nitrogen and oxygen atoms in total. The molecule has 1 N–H and O–H groups in total. The van der Waals surface area contributed by atoms with Crippen molar-refractivity contribution in [2.24, 2.45) is 0 Å². The third-order valence-electron chi connectivity index (χ3n) is 4.50. The van der Waals surface area contributed by atoms with E-state index in [-0.39, 0.29) is 16.6 Å². The molecule has 1 amide bonds. The smallest absolute Gasteiger partial charge is 0.339 e. The SMILES string of the molecule is CN(C)Cc1ccc(S(=O)(=O)Oc2ccc(OC3CCCCNC3=O)cc2)cc1. The summed E-state index contributed by atoms with van der Waals surface area (Å²) in [6, 6.07) is 12.8. The van der Waals surface area contributed by atoms with Crippen molar-refractivity contribution in [1.82, 2.24) is 10.2 Å². The topological polar surface area (TPSA) is 84.9 Å². The molecule has 3 rings (SSSR count). The normalized spacial score (nSPS) is 17.5. The number of carbonyl (C=O) groups is 1. The van der Waals surface area contributed by atoms with Crippen molar-refractivity contribution in [3.63, 3.8) is 0 Å². The van der Waals surface area contributed by atoms with Gasteiger partial charge < -0.3 is 19.1 Å². The number of carbonyl (C=O) groups excluding carboxylic acids is 1. The Labute approximate surface area is 171 Å². The average molecular weight is 419 g/mol. The molecule has 156 valence electrons. The van der Waals surface area contributed by atoms with Crippen LogP contribution in [0.25, 0.3) is 0 Å². The summed E-state index contributed by atoms with van der Waals surface area (Å²) in [5.41, 5.74) is 1.01. The quantitative estimate of drug-likeness (QED) is 0.696. The second-order valence-electron chi connectivity index (χ2n) is 7.28. The third kappa shape index (κ3) is 5.95. The Hall–Kier alpha value is -2.58. The molecule has 1 atom stereocenters. The molecule has 1 heterocycles. The molecule has 0 bridgehead atoms. The molecule has 1 fully saturated rings. The van der Waals surface area contributed by atoms with Gasteiger partial charge >= 0.3 is 10.1 Å². The molecule has 0 aliphatic carbocycles. The summed E-state index contributed by atoms with van der Waals surface area (Å²) in [6.45, 7) is 1.39. The monoisotopic (exact) mass is 418 g/mol. The van der Waals surface area contributed by atoms with Gasteiger partial charge in [0.15, 0.2) is 6.10 Å². The largest absolute Gasteiger partial charge is 0.481 e. The van der Waals surface area contributed by atoms with E-state index in [0.29, 0.717) is 18.7 Å². The predicted octanol–water partition coefficient (Wildman–Crippen LogP) is 2.56. The first-order chi connectivity index (χ1) is 13.8. The number of nitrogens with zero attached hydrogens (tertiary/aromatic N) is 1. The fraction of sp³-hybridized carbons (Fsp3) is 0.381. The van der Waals surface area contributed by atoms with Gasteiger partial charge in [-0.25, -0.2) is 0 Å². The molecule has 1 saturated heterocycles. The Morgan fingerprint density at radius 1 is 1.00 bits per heavy atom. The van der Waals surface area contributed by atoms with Crippen LogP contribution in [0.4, 0.5) is 0 Å². The standard InChI is InChI=1S/C21H26N2O5S/c1-23(2)15-16-6-12-19(13-7-16)29(25,26)28-18-10-8-17(9-11-18)27-20-5-3-4-14-22-21(20)24/h6-13,20H,3-5,14-15H2,1-2H3,(H,22,24). The molecule has 1 aliphatic rings. The van der Waals surface area contributed by atoms with Gasteiger partial charge in [0.05, 0.1) is 0 Å². The summed E-state index contributed by atoms with van der Waals surface area (Å²) < 4.78 is 36.0. The maximum atomic E-state index is 12.5. The summed E-state index contributed by atoms with van der Waals surface area (Å²) in [5, 5.41) is 2.82. The second-order valence-corrected chi connectivity index (χ2v) is 8.83. The highest BCUT2D eigenvalue weighted by atomic mass is 32.2. The molecular formula is C21H26N2O5S. The highest BCUT2D eigenvalue weighted by Gasteiger charge is 2.22. The van der Waals surface area contributed by atoms with Crippen molar-refractivity contribution in [1.29, 1.82) is 0 Å². The molecule has 2 aromatic carbocycles. The molecule has 0 spiro atoms. The highest BCUT2D eigenvalue weighted by Crippen LogP contribution is 2.24. The van der Waals surface area contributed by atoms with Crippen LogP contribution in [0.15, 0.2) is 53.4 Å². The maximum Gasteiger partial charge on any atom is 0.339 e. The molecular weight excluding hydrogens is 392 g/mol. The van der Waals surface area contributed by atoms with Gasteiger partial charge in [-0.2, -0.15) is 8.42 Å². The lowest BCUT2D eigenvalue weighted by Gasteiger charge is -2.16. The predicted molar refractivity (Wildman–Crippen MR) is 109 cm³/mol. The van der Waals surface area contributed by atoms with Gasteiger partial charge in [-0.3, -0.25) is 4.79 Å². The summed E-state index contributed by atoms with van der Waals surface area (Å²) in [4.78, 5) is 14.1. The Morgan fingerprint density at radius 2 is 1.66 bits per heavy atom. The van der Waals surface area contributed by atoms with Gasteiger partial charge in [-0.1, -0.05) is 12.1 Å². The van der Waals surface area contributed by atoms with Crippen LogP contribution < -0.4 is 14.2 Å². The average Bonchev–Trinajstić information content (AvgIpc) is 2.87. The third-order valence-corrected chi connectivity index (χ3v) is 5.76. The van der Waals surface area contributed by atoms with Crippen LogP contribution in [0.1, 0.15) is 24.8 Å². The Bertz CT molecular complexity index is 925. The van der Waals surface area contributed by atoms with Crippen LogP contribution in [0, 0.1) is 0 Å². The van der Waals surface area contributed by atoms with Gasteiger partial charge in [0.25, 0.3) is 5.91 Å². The summed E-state index contributed by atoms with van der Waals surface area (Å²) in [7, 11) is -0.0351. The molecule has 0 saturated carbocycles. The lowest BCUT2D eigenvalue weighted by atomic mass is 10.2.